The second kappa shape index (κ2) is 9.32. The Bertz CT molecular complexity index is 1470. The van der Waals surface area contributed by atoms with Crippen LogP contribution in [0.15, 0.2) is 48.5 Å². The smallest absolute Gasteiger partial charge is 0.276 e. The molecule has 1 aliphatic carbocycles. The number of nitrogens with one attached hydrogen (secondary N) is 1. The van der Waals surface area contributed by atoms with Crippen LogP contribution in [-0.2, 0) is 15.4 Å². The Labute approximate surface area is 216 Å². The zero-order valence-corrected chi connectivity index (χ0v) is 21.9. The zero-order valence-electron chi connectivity index (χ0n) is 21.1. The van der Waals surface area contributed by atoms with E-state index in [-0.39, 0.29) is 22.9 Å². The summed E-state index contributed by atoms with van der Waals surface area (Å²) >= 11 is 0. The number of ether oxygens (including phenoxy) is 1. The number of carbonyl (C=O) groups is 1. The largest absolute Gasteiger partial charge is 0.497 e. The molecule has 5 rings (SSSR count). The number of methoxy groups -OCH3 is 1. The van der Waals surface area contributed by atoms with Crippen molar-refractivity contribution in [1.29, 1.82) is 5.26 Å². The molecule has 1 saturated carbocycles. The minimum absolute atomic E-state index is 0.0206. The minimum atomic E-state index is -3.21. The van der Waals surface area contributed by atoms with Crippen LogP contribution in [0.25, 0.3) is 0 Å². The van der Waals surface area contributed by atoms with Crippen molar-refractivity contribution in [3.05, 3.63) is 76.6 Å². The number of H-pyrrole nitrogens is 1. The topological polar surface area (TPSA) is 119 Å². The maximum atomic E-state index is 13.5. The van der Waals surface area contributed by atoms with Crippen LogP contribution >= 0.6 is 0 Å². The average molecular weight is 520 g/mol. The third kappa shape index (κ3) is 4.61. The van der Waals surface area contributed by atoms with Crippen molar-refractivity contribution >= 4 is 21.6 Å². The van der Waals surface area contributed by atoms with Crippen LogP contribution in [0.2, 0.25) is 0 Å². The minimum Gasteiger partial charge on any atom is -0.497 e. The maximum Gasteiger partial charge on any atom is 0.276 e. The Morgan fingerprint density at radius 2 is 1.86 bits per heavy atom. The van der Waals surface area contributed by atoms with Crippen molar-refractivity contribution in [1.82, 2.24) is 14.5 Å². The summed E-state index contributed by atoms with van der Waals surface area (Å²) in [7, 11) is 0.00688. The SMILES string of the molecule is COc1ccc(C2CN(c3ccc(C4(CCN(C)S(C)(=O)=O)CC4)cc3)C(=O)c3[nH]nc(C#N)c32)cc1. The van der Waals surface area contributed by atoms with Gasteiger partial charge in [0.15, 0.2) is 5.69 Å². The Kier molecular flexibility index (Phi) is 6.30. The van der Waals surface area contributed by atoms with E-state index in [4.69, 9.17) is 4.74 Å². The van der Waals surface area contributed by atoms with E-state index < -0.39 is 10.0 Å². The van der Waals surface area contributed by atoms with Crippen LogP contribution in [0.4, 0.5) is 5.69 Å². The number of hydrogen-bond donors (Lipinski definition) is 1. The Morgan fingerprint density at radius 3 is 2.43 bits per heavy atom. The normalized spacial score (nSPS) is 18.4. The molecule has 0 saturated heterocycles. The standard InChI is InChI=1S/C27H29N5O4S/c1-31(37(3,34)35)15-14-27(12-13-27)19-6-8-20(9-7-19)32-17-22(18-4-10-21(36-2)11-5-18)24-23(16-28)29-30-25(24)26(32)33/h4-11,22H,12-15,17H2,1-3H3,(H,29,30). The second-order valence-corrected chi connectivity index (χ2v) is 12.0. The van der Waals surface area contributed by atoms with Crippen molar-refractivity contribution in [2.45, 2.75) is 30.6 Å². The van der Waals surface area contributed by atoms with E-state index in [1.807, 2.05) is 48.5 Å². The van der Waals surface area contributed by atoms with Crippen molar-refractivity contribution in [3.63, 3.8) is 0 Å². The van der Waals surface area contributed by atoms with Crippen molar-refractivity contribution in [2.24, 2.45) is 0 Å². The van der Waals surface area contributed by atoms with E-state index in [9.17, 15) is 18.5 Å². The van der Waals surface area contributed by atoms with Crippen LogP contribution in [0.3, 0.4) is 0 Å². The van der Waals surface area contributed by atoms with Gasteiger partial charge in [-0.1, -0.05) is 24.3 Å². The number of nitrogens with zero attached hydrogens (tertiary/aromatic N) is 4. The lowest BCUT2D eigenvalue weighted by Crippen LogP contribution is -2.40. The van der Waals surface area contributed by atoms with Crippen molar-refractivity contribution in [3.8, 4) is 11.8 Å². The van der Waals surface area contributed by atoms with Gasteiger partial charge in [0.2, 0.25) is 10.0 Å². The summed E-state index contributed by atoms with van der Waals surface area (Å²) < 4.78 is 30.2. The molecule has 1 N–H and O–H groups in total. The van der Waals surface area contributed by atoms with Crippen molar-refractivity contribution < 1.29 is 17.9 Å². The van der Waals surface area contributed by atoms with E-state index >= 15 is 0 Å². The van der Waals surface area contributed by atoms with E-state index in [0.29, 0.717) is 24.3 Å². The van der Waals surface area contributed by atoms with E-state index in [2.05, 4.69) is 16.3 Å². The molecule has 0 spiro atoms. The van der Waals surface area contributed by atoms with Gasteiger partial charge in [-0.15, -0.1) is 0 Å². The highest BCUT2D eigenvalue weighted by molar-refractivity contribution is 7.88. The third-order valence-electron chi connectivity index (χ3n) is 7.72. The summed E-state index contributed by atoms with van der Waals surface area (Å²) in [5.41, 5.74) is 4.04. The molecule has 2 aromatic carbocycles. The van der Waals surface area contributed by atoms with E-state index in [1.165, 1.54) is 10.6 Å². The third-order valence-corrected chi connectivity index (χ3v) is 9.03. The van der Waals surface area contributed by atoms with Crippen LogP contribution in [0, 0.1) is 11.3 Å². The highest BCUT2D eigenvalue weighted by Crippen LogP contribution is 2.51. The molecule has 9 nitrogen and oxygen atoms in total. The number of hydrogen-bond acceptors (Lipinski definition) is 6. The molecule has 0 bridgehead atoms. The molecule has 2 aliphatic rings. The summed E-state index contributed by atoms with van der Waals surface area (Å²) in [4.78, 5) is 15.2. The van der Waals surface area contributed by atoms with Crippen LogP contribution in [-0.4, -0.2) is 62.3 Å². The number of aromatic nitrogens is 2. The number of carbonyl (C=O) groups excluding carboxylic acids is 1. The highest BCUT2D eigenvalue weighted by Gasteiger charge is 2.44. The Hall–Kier alpha value is -3.68. The molecule has 1 atom stereocenters. The van der Waals surface area contributed by atoms with Gasteiger partial charge in [0.05, 0.1) is 13.4 Å². The molecular weight excluding hydrogens is 490 g/mol. The number of sulfonamides is 1. The molecule has 192 valence electrons. The number of fused-ring (bicyclic) bond motifs is 1. The predicted octanol–water partition coefficient (Wildman–Crippen LogP) is 3.40. The maximum absolute atomic E-state index is 13.5. The van der Waals surface area contributed by atoms with E-state index in [1.54, 1.807) is 19.1 Å². The quantitative estimate of drug-likeness (QED) is 0.487. The molecule has 0 radical (unpaired) electrons. The molecular formula is C27H29N5O4S. The zero-order chi connectivity index (χ0) is 26.4. The van der Waals surface area contributed by atoms with Crippen LogP contribution in [0.1, 0.15) is 58.1 Å². The number of benzene rings is 2. The summed E-state index contributed by atoms with van der Waals surface area (Å²) in [6.45, 7) is 0.842. The van der Waals surface area contributed by atoms with Crippen molar-refractivity contribution in [2.75, 3.05) is 38.4 Å². The number of anilines is 1. The van der Waals surface area contributed by atoms with Gasteiger partial charge in [-0.3, -0.25) is 9.89 Å². The molecule has 1 aromatic heterocycles. The first-order valence-electron chi connectivity index (χ1n) is 12.1. The first-order chi connectivity index (χ1) is 17.7. The highest BCUT2D eigenvalue weighted by atomic mass is 32.2. The lowest BCUT2D eigenvalue weighted by atomic mass is 9.85. The monoisotopic (exact) mass is 519 g/mol. The molecule has 37 heavy (non-hydrogen) atoms. The number of rotatable bonds is 8. The Morgan fingerprint density at radius 1 is 1.19 bits per heavy atom. The fourth-order valence-electron chi connectivity index (χ4n) is 5.13. The number of nitriles is 1. The molecule has 2 heterocycles. The van der Waals surface area contributed by atoms with Crippen LogP contribution in [0.5, 0.6) is 5.75 Å². The van der Waals surface area contributed by atoms with Gasteiger partial charge in [-0.2, -0.15) is 10.4 Å². The lowest BCUT2D eigenvalue weighted by molar-refractivity contribution is 0.0973. The number of aromatic amines is 1. The van der Waals surface area contributed by atoms with Gasteiger partial charge in [-0.25, -0.2) is 12.7 Å². The molecule has 1 aliphatic heterocycles. The molecule has 10 heteroatoms. The fourth-order valence-corrected chi connectivity index (χ4v) is 5.55. The summed E-state index contributed by atoms with van der Waals surface area (Å²) in [6.07, 6.45) is 4.01. The van der Waals surface area contributed by atoms with Gasteiger partial charge in [-0.05, 0) is 60.1 Å². The second-order valence-electron chi connectivity index (χ2n) is 9.88. The van der Waals surface area contributed by atoms with Gasteiger partial charge in [0, 0.05) is 37.3 Å². The summed E-state index contributed by atoms with van der Waals surface area (Å²) in [5, 5.41) is 16.5. The summed E-state index contributed by atoms with van der Waals surface area (Å²) in [6, 6.07) is 17.7. The predicted molar refractivity (Wildman–Crippen MR) is 139 cm³/mol. The van der Waals surface area contributed by atoms with Gasteiger partial charge in [0.1, 0.15) is 17.5 Å². The van der Waals surface area contributed by atoms with Gasteiger partial charge in [0.25, 0.3) is 5.91 Å². The molecule has 3 aromatic rings. The first-order valence-corrected chi connectivity index (χ1v) is 14.0. The fraction of sp³-hybridized carbons (Fsp3) is 0.370. The lowest BCUT2D eigenvalue weighted by Gasteiger charge is -2.33. The van der Waals surface area contributed by atoms with E-state index in [0.717, 1.165) is 41.8 Å². The van der Waals surface area contributed by atoms with Crippen LogP contribution < -0.4 is 9.64 Å². The summed E-state index contributed by atoms with van der Waals surface area (Å²) in [5.74, 6) is 0.276. The molecule has 1 unspecified atom stereocenters. The number of amides is 1. The van der Waals surface area contributed by atoms with Gasteiger partial charge < -0.3 is 9.64 Å². The van der Waals surface area contributed by atoms with Gasteiger partial charge >= 0.3 is 0 Å². The Balaban J connectivity index is 1.42. The first kappa shape index (κ1) is 25.0. The molecule has 1 fully saturated rings. The average Bonchev–Trinajstić information content (AvgIpc) is 3.57. The molecule has 1 amide bonds.